The molecule has 0 atom stereocenters. The Morgan fingerprint density at radius 3 is 2.86 bits per heavy atom. The summed E-state index contributed by atoms with van der Waals surface area (Å²) in [5, 5.41) is 20.2. The molecule has 22 heavy (non-hydrogen) atoms. The number of nitrogens with one attached hydrogen (secondary N) is 1. The van der Waals surface area contributed by atoms with Gasteiger partial charge in [0, 0.05) is 10.2 Å². The molecule has 1 aromatic carbocycles. The molecule has 0 radical (unpaired) electrons. The van der Waals surface area contributed by atoms with Gasteiger partial charge in [-0.3, -0.25) is 5.10 Å². The molecule has 3 aromatic heterocycles. The number of aryl methyl sites for hydroxylation is 1. The summed E-state index contributed by atoms with van der Waals surface area (Å²) in [5.41, 5.74) is 2.18. The first-order valence-corrected chi connectivity index (χ1v) is 7.92. The minimum Gasteiger partial charge on any atom is -0.282 e. The van der Waals surface area contributed by atoms with E-state index in [1.165, 1.54) is 17.4 Å². The highest BCUT2D eigenvalue weighted by atomic mass is 79.9. The van der Waals surface area contributed by atoms with Gasteiger partial charge in [-0.25, -0.2) is 4.39 Å². The Kier molecular flexibility index (Phi) is 3.05. The number of fused-ring (bicyclic) bond motifs is 1. The highest BCUT2D eigenvalue weighted by Gasteiger charge is 2.18. The van der Waals surface area contributed by atoms with E-state index in [0.29, 0.717) is 20.8 Å². The van der Waals surface area contributed by atoms with Gasteiger partial charge in [0.05, 0.1) is 17.3 Å². The fourth-order valence-corrected chi connectivity index (χ4v) is 3.37. The zero-order valence-corrected chi connectivity index (χ0v) is 13.6. The average molecular weight is 379 g/mol. The van der Waals surface area contributed by atoms with Crippen molar-refractivity contribution in [2.45, 2.75) is 6.92 Å². The molecule has 3 heterocycles. The van der Waals surface area contributed by atoms with Crippen molar-refractivity contribution in [2.75, 3.05) is 0 Å². The molecule has 4 aromatic rings. The molecule has 0 aliphatic carbocycles. The van der Waals surface area contributed by atoms with Crippen LogP contribution in [0.25, 0.3) is 26.9 Å². The SMILES string of the molecule is Cc1[nH]ncc1-c1nn2c(-c3ccc(Br)cc3F)nnc2s1. The van der Waals surface area contributed by atoms with Crippen molar-refractivity contribution in [3.8, 4) is 22.0 Å². The van der Waals surface area contributed by atoms with Gasteiger partial charge in [0.15, 0.2) is 10.8 Å². The summed E-state index contributed by atoms with van der Waals surface area (Å²) in [7, 11) is 0. The Morgan fingerprint density at radius 1 is 1.27 bits per heavy atom. The fraction of sp³-hybridized carbons (Fsp3) is 0.0769. The molecule has 0 aliphatic heterocycles. The summed E-state index contributed by atoms with van der Waals surface area (Å²) in [4.78, 5) is 0.605. The van der Waals surface area contributed by atoms with Crippen molar-refractivity contribution < 1.29 is 4.39 Å². The van der Waals surface area contributed by atoms with Gasteiger partial charge >= 0.3 is 0 Å². The number of rotatable bonds is 2. The summed E-state index contributed by atoms with van der Waals surface area (Å²) in [6, 6.07) is 4.80. The van der Waals surface area contributed by atoms with E-state index < -0.39 is 0 Å². The lowest BCUT2D eigenvalue weighted by Crippen LogP contribution is -1.94. The Labute approximate surface area is 136 Å². The number of aromatic amines is 1. The molecule has 110 valence electrons. The first kappa shape index (κ1) is 13.5. The average Bonchev–Trinajstić information content (AvgIpc) is 3.14. The monoisotopic (exact) mass is 378 g/mol. The molecule has 4 rings (SSSR count). The predicted octanol–water partition coefficient (Wildman–Crippen LogP) is 3.45. The smallest absolute Gasteiger partial charge is 0.235 e. The van der Waals surface area contributed by atoms with Crippen LogP contribution in [0.1, 0.15) is 5.69 Å². The molecule has 0 fully saturated rings. The quantitative estimate of drug-likeness (QED) is 0.579. The van der Waals surface area contributed by atoms with Crippen LogP contribution in [0.5, 0.6) is 0 Å². The van der Waals surface area contributed by atoms with E-state index in [2.05, 4.69) is 41.4 Å². The van der Waals surface area contributed by atoms with Crippen molar-refractivity contribution in [3.63, 3.8) is 0 Å². The van der Waals surface area contributed by atoms with E-state index in [-0.39, 0.29) is 5.82 Å². The second kappa shape index (κ2) is 4.96. The lowest BCUT2D eigenvalue weighted by atomic mass is 10.2. The highest BCUT2D eigenvalue weighted by molar-refractivity contribution is 9.10. The zero-order valence-electron chi connectivity index (χ0n) is 11.2. The van der Waals surface area contributed by atoms with Gasteiger partial charge in [0.1, 0.15) is 5.82 Å². The van der Waals surface area contributed by atoms with Crippen LogP contribution in [0, 0.1) is 12.7 Å². The number of hydrogen-bond acceptors (Lipinski definition) is 5. The molecule has 9 heteroatoms. The maximum atomic E-state index is 14.1. The summed E-state index contributed by atoms with van der Waals surface area (Å²) in [6.07, 6.45) is 1.71. The summed E-state index contributed by atoms with van der Waals surface area (Å²) in [6.45, 7) is 1.92. The van der Waals surface area contributed by atoms with Crippen molar-refractivity contribution >= 4 is 32.2 Å². The Balaban J connectivity index is 1.89. The summed E-state index contributed by atoms with van der Waals surface area (Å²) in [5.74, 6) is 0.00126. The number of halogens is 2. The lowest BCUT2D eigenvalue weighted by molar-refractivity contribution is 0.628. The van der Waals surface area contributed by atoms with E-state index in [9.17, 15) is 4.39 Å². The molecule has 0 spiro atoms. The van der Waals surface area contributed by atoms with Crippen LogP contribution in [0.2, 0.25) is 0 Å². The first-order chi connectivity index (χ1) is 10.6. The number of hydrogen-bond donors (Lipinski definition) is 1. The molecular weight excluding hydrogens is 371 g/mol. The second-order valence-electron chi connectivity index (χ2n) is 4.66. The van der Waals surface area contributed by atoms with Gasteiger partial charge in [0.25, 0.3) is 0 Å². The Bertz CT molecular complexity index is 988. The van der Waals surface area contributed by atoms with Gasteiger partial charge in [-0.1, -0.05) is 27.3 Å². The van der Waals surface area contributed by atoms with Gasteiger partial charge in [-0.05, 0) is 25.1 Å². The van der Waals surface area contributed by atoms with Crippen LogP contribution >= 0.6 is 27.3 Å². The summed E-state index contributed by atoms with van der Waals surface area (Å²) >= 11 is 4.62. The fourth-order valence-electron chi connectivity index (χ4n) is 2.13. The molecule has 0 bridgehead atoms. The molecule has 1 N–H and O–H groups in total. The molecule has 0 saturated carbocycles. The number of benzene rings is 1. The van der Waals surface area contributed by atoms with Crippen molar-refractivity contribution in [1.29, 1.82) is 0 Å². The van der Waals surface area contributed by atoms with Gasteiger partial charge in [0.2, 0.25) is 4.96 Å². The number of H-pyrrole nitrogens is 1. The maximum Gasteiger partial charge on any atom is 0.235 e. The molecule has 0 amide bonds. The molecule has 0 aliphatic rings. The largest absolute Gasteiger partial charge is 0.282 e. The van der Waals surface area contributed by atoms with Crippen LogP contribution < -0.4 is 0 Å². The number of aromatic nitrogens is 6. The third-order valence-electron chi connectivity index (χ3n) is 3.22. The molecular formula is C13H8BrFN6S. The van der Waals surface area contributed by atoms with Crippen LogP contribution in [0.4, 0.5) is 4.39 Å². The van der Waals surface area contributed by atoms with Crippen LogP contribution in [0.15, 0.2) is 28.9 Å². The van der Waals surface area contributed by atoms with E-state index in [4.69, 9.17) is 0 Å². The second-order valence-corrected chi connectivity index (χ2v) is 6.53. The Hall–Kier alpha value is -2.13. The van der Waals surface area contributed by atoms with E-state index >= 15 is 0 Å². The predicted molar refractivity (Wildman–Crippen MR) is 84.1 cm³/mol. The van der Waals surface area contributed by atoms with Crippen molar-refractivity contribution in [2.24, 2.45) is 0 Å². The molecule has 0 unspecified atom stereocenters. The topological polar surface area (TPSA) is 71.8 Å². The highest BCUT2D eigenvalue weighted by Crippen LogP contribution is 2.30. The van der Waals surface area contributed by atoms with Gasteiger partial charge < -0.3 is 0 Å². The van der Waals surface area contributed by atoms with Gasteiger partial charge in [-0.2, -0.15) is 14.7 Å². The van der Waals surface area contributed by atoms with Crippen LogP contribution in [0.3, 0.4) is 0 Å². The third kappa shape index (κ3) is 2.04. The zero-order chi connectivity index (χ0) is 15.3. The van der Waals surface area contributed by atoms with Crippen LogP contribution in [-0.2, 0) is 0 Å². The van der Waals surface area contributed by atoms with Crippen molar-refractivity contribution in [3.05, 3.63) is 40.4 Å². The van der Waals surface area contributed by atoms with E-state index in [0.717, 1.165) is 16.3 Å². The maximum absolute atomic E-state index is 14.1. The third-order valence-corrected chi connectivity index (χ3v) is 4.65. The molecule has 6 nitrogen and oxygen atoms in total. The first-order valence-electron chi connectivity index (χ1n) is 6.31. The Morgan fingerprint density at radius 2 is 2.14 bits per heavy atom. The lowest BCUT2D eigenvalue weighted by Gasteiger charge is -2.00. The van der Waals surface area contributed by atoms with Crippen LogP contribution in [-0.4, -0.2) is 30.0 Å². The minimum absolute atomic E-state index is 0.358. The number of nitrogens with zero attached hydrogens (tertiary/aromatic N) is 5. The molecule has 0 saturated heterocycles. The van der Waals surface area contributed by atoms with E-state index in [1.54, 1.807) is 22.8 Å². The minimum atomic E-state index is -0.377. The normalized spacial score (nSPS) is 11.4. The van der Waals surface area contributed by atoms with Gasteiger partial charge in [-0.15, -0.1) is 10.2 Å². The summed E-state index contributed by atoms with van der Waals surface area (Å²) < 4.78 is 16.4. The standard InChI is InChI=1S/C13H8BrFN6S/c1-6-9(5-16-17-6)12-20-21-11(18-19-13(21)22-12)8-3-2-7(14)4-10(8)15/h2-5H,1H3,(H,16,17). The van der Waals surface area contributed by atoms with Crippen molar-refractivity contribution in [1.82, 2.24) is 30.0 Å². The van der Waals surface area contributed by atoms with E-state index in [1.807, 2.05) is 6.92 Å².